The molecule has 1 N–H and O–H groups in total. The quantitative estimate of drug-likeness (QED) is 0.260. The van der Waals surface area contributed by atoms with E-state index in [4.69, 9.17) is 21.6 Å². The number of hydrogen-bond acceptors (Lipinski definition) is 7. The Bertz CT molecular complexity index is 1260. The fourth-order valence-corrected chi connectivity index (χ4v) is 5.46. The molecule has 1 aliphatic rings. The summed E-state index contributed by atoms with van der Waals surface area (Å²) < 4.78 is 0. The average molecular weight is 507 g/mol. The summed E-state index contributed by atoms with van der Waals surface area (Å²) in [6.45, 7) is 6.75. The summed E-state index contributed by atoms with van der Waals surface area (Å²) in [5.41, 5.74) is 3.00. The summed E-state index contributed by atoms with van der Waals surface area (Å²) in [6, 6.07) is 14.3. The number of fused-ring (bicyclic) bond motifs is 1. The summed E-state index contributed by atoms with van der Waals surface area (Å²) in [5, 5.41) is 7.51. The molecule has 1 aromatic carbocycles. The largest absolute Gasteiger partial charge is 0.384 e. The first-order chi connectivity index (χ1) is 17.2. The number of hydrogen-bond donors (Lipinski definition) is 1. The summed E-state index contributed by atoms with van der Waals surface area (Å²) in [4.78, 5) is 20.4. The van der Waals surface area contributed by atoms with Gasteiger partial charge in [0.05, 0.1) is 12.1 Å². The number of anilines is 3. The predicted octanol–water partition coefficient (Wildman–Crippen LogP) is 6.55. The van der Waals surface area contributed by atoms with Crippen molar-refractivity contribution >= 4 is 51.3 Å². The van der Waals surface area contributed by atoms with E-state index in [1.807, 2.05) is 30.5 Å². The summed E-state index contributed by atoms with van der Waals surface area (Å²) in [5.74, 6) is 1.88. The van der Waals surface area contributed by atoms with E-state index in [9.17, 15) is 0 Å². The molecule has 5 rings (SSSR count). The second-order valence-electron chi connectivity index (χ2n) is 9.02. The molecule has 8 heteroatoms. The van der Waals surface area contributed by atoms with Crippen LogP contribution in [0.1, 0.15) is 36.3 Å². The Labute approximate surface area is 216 Å². The van der Waals surface area contributed by atoms with Crippen LogP contribution in [0.3, 0.4) is 0 Å². The molecule has 1 saturated heterocycles. The van der Waals surface area contributed by atoms with Crippen LogP contribution in [0.4, 0.5) is 17.5 Å². The zero-order valence-corrected chi connectivity index (χ0v) is 21.7. The van der Waals surface area contributed by atoms with E-state index in [0.29, 0.717) is 5.02 Å². The molecule has 0 amide bonds. The highest BCUT2D eigenvalue weighted by Crippen LogP contribution is 2.25. The van der Waals surface area contributed by atoms with Gasteiger partial charge in [-0.1, -0.05) is 17.7 Å². The number of thiophene rings is 1. The third-order valence-electron chi connectivity index (χ3n) is 6.34. The number of nitrogens with one attached hydrogen (secondary N) is 1. The molecule has 0 unspecified atom stereocenters. The molecule has 182 valence electrons. The molecule has 3 aromatic heterocycles. The van der Waals surface area contributed by atoms with E-state index < -0.39 is 0 Å². The smallest absolute Gasteiger partial charge is 0.227 e. The number of rotatable bonds is 9. The van der Waals surface area contributed by atoms with Crippen molar-refractivity contribution in [3.8, 4) is 0 Å². The Balaban J connectivity index is 1.30. The van der Waals surface area contributed by atoms with Crippen LogP contribution >= 0.6 is 22.9 Å². The molecule has 6 nitrogen and oxygen atoms in total. The lowest BCUT2D eigenvalue weighted by Crippen LogP contribution is -2.32. The number of nitrogens with zero attached hydrogens (tertiary/aromatic N) is 5. The topological polar surface area (TPSA) is 57.2 Å². The normalized spacial score (nSPS) is 13.8. The van der Waals surface area contributed by atoms with Gasteiger partial charge in [0, 0.05) is 65.1 Å². The number of benzene rings is 1. The van der Waals surface area contributed by atoms with Crippen molar-refractivity contribution in [1.29, 1.82) is 0 Å². The third kappa shape index (κ3) is 6.03. The van der Waals surface area contributed by atoms with E-state index in [0.717, 1.165) is 73.2 Å². The van der Waals surface area contributed by atoms with Crippen molar-refractivity contribution in [2.45, 2.75) is 39.2 Å². The van der Waals surface area contributed by atoms with E-state index in [1.54, 1.807) is 11.3 Å². The second-order valence-corrected chi connectivity index (χ2v) is 10.5. The van der Waals surface area contributed by atoms with E-state index in [-0.39, 0.29) is 0 Å². The van der Waals surface area contributed by atoms with Crippen LogP contribution in [0.15, 0.2) is 54.0 Å². The van der Waals surface area contributed by atoms with Crippen LogP contribution in [-0.4, -0.2) is 41.1 Å². The molecule has 0 spiro atoms. The number of halogens is 1. The van der Waals surface area contributed by atoms with Gasteiger partial charge >= 0.3 is 0 Å². The van der Waals surface area contributed by atoms with Gasteiger partial charge in [-0.3, -0.25) is 4.98 Å². The van der Waals surface area contributed by atoms with Gasteiger partial charge in [-0.2, -0.15) is 4.98 Å². The summed E-state index contributed by atoms with van der Waals surface area (Å²) >= 11 is 7.92. The van der Waals surface area contributed by atoms with Crippen molar-refractivity contribution in [3.05, 3.63) is 69.6 Å². The van der Waals surface area contributed by atoms with E-state index >= 15 is 0 Å². The molecule has 0 radical (unpaired) electrons. The number of pyridine rings is 1. The van der Waals surface area contributed by atoms with Gasteiger partial charge in [0.25, 0.3) is 0 Å². The van der Waals surface area contributed by atoms with Crippen LogP contribution in [0.2, 0.25) is 5.02 Å². The van der Waals surface area contributed by atoms with Gasteiger partial charge in [-0.25, -0.2) is 4.98 Å². The van der Waals surface area contributed by atoms with Crippen LogP contribution < -0.4 is 15.1 Å². The maximum absolute atomic E-state index is 6.14. The van der Waals surface area contributed by atoms with Gasteiger partial charge in [-0.15, -0.1) is 11.3 Å². The average Bonchev–Trinajstić information content (AvgIpc) is 3.39. The lowest BCUT2D eigenvalue weighted by atomic mass is 10.1. The Kier molecular flexibility index (Phi) is 7.64. The molecule has 4 heterocycles. The molecule has 4 aromatic rings. The van der Waals surface area contributed by atoms with Crippen molar-refractivity contribution in [2.75, 3.05) is 41.3 Å². The molecule has 1 fully saturated rings. The maximum Gasteiger partial charge on any atom is 0.227 e. The lowest BCUT2D eigenvalue weighted by molar-refractivity contribution is 0.572. The Morgan fingerprint density at radius 1 is 1.09 bits per heavy atom. The van der Waals surface area contributed by atoms with Crippen LogP contribution in [0, 0.1) is 6.92 Å². The minimum absolute atomic E-state index is 0.702. The maximum atomic E-state index is 6.14. The van der Waals surface area contributed by atoms with Gasteiger partial charge in [0.2, 0.25) is 5.95 Å². The van der Waals surface area contributed by atoms with Crippen molar-refractivity contribution in [2.24, 2.45) is 0 Å². The van der Waals surface area contributed by atoms with Gasteiger partial charge in [-0.05, 0) is 68.3 Å². The molecular weight excluding hydrogens is 476 g/mol. The van der Waals surface area contributed by atoms with E-state index in [1.165, 1.54) is 24.1 Å². The fraction of sp³-hybridized carbons (Fsp3) is 0.370. The van der Waals surface area contributed by atoms with Gasteiger partial charge in [0.1, 0.15) is 5.82 Å². The number of piperidine rings is 1. The highest BCUT2D eigenvalue weighted by molar-refractivity contribution is 7.09. The van der Waals surface area contributed by atoms with Crippen molar-refractivity contribution in [1.82, 2.24) is 15.0 Å². The first kappa shape index (κ1) is 23.8. The molecular formula is C27H31ClN6S. The molecule has 0 saturated carbocycles. The fourth-order valence-electron chi connectivity index (χ4n) is 4.57. The van der Waals surface area contributed by atoms with Crippen LogP contribution in [0.25, 0.3) is 10.9 Å². The Morgan fingerprint density at radius 3 is 2.80 bits per heavy atom. The molecule has 0 bridgehead atoms. The first-order valence-electron chi connectivity index (χ1n) is 12.3. The Hall–Kier alpha value is -2.90. The zero-order valence-electron chi connectivity index (χ0n) is 20.1. The predicted molar refractivity (Wildman–Crippen MR) is 148 cm³/mol. The molecule has 0 atom stereocenters. The lowest BCUT2D eigenvalue weighted by Gasteiger charge is -2.29. The standard InChI is InChI=1S/C27H31ClN6S/c1-20-17-26(33-13-3-2-4-14-33)32-27(31-20)34(19-22-7-5-16-35-22)15-6-11-29-24-10-12-30-25-18-21(28)8-9-23(24)25/h5,7-10,12,16-18H,2-4,6,11,13-15,19H2,1H3,(H,29,30). The highest BCUT2D eigenvalue weighted by Gasteiger charge is 2.17. The van der Waals surface area contributed by atoms with Crippen LogP contribution in [-0.2, 0) is 6.54 Å². The minimum Gasteiger partial charge on any atom is -0.384 e. The van der Waals surface area contributed by atoms with E-state index in [2.05, 4.69) is 50.6 Å². The monoisotopic (exact) mass is 506 g/mol. The number of aromatic nitrogens is 3. The second kappa shape index (κ2) is 11.2. The van der Waals surface area contributed by atoms with Crippen molar-refractivity contribution in [3.63, 3.8) is 0 Å². The first-order valence-corrected chi connectivity index (χ1v) is 13.6. The summed E-state index contributed by atoms with van der Waals surface area (Å²) in [6.07, 6.45) is 6.56. The summed E-state index contributed by atoms with van der Waals surface area (Å²) in [7, 11) is 0. The number of aryl methyl sites for hydroxylation is 1. The van der Waals surface area contributed by atoms with Crippen molar-refractivity contribution < 1.29 is 0 Å². The SMILES string of the molecule is Cc1cc(N2CCCCC2)nc(N(CCCNc2ccnc3cc(Cl)ccc23)Cc2cccs2)n1. The third-order valence-corrected chi connectivity index (χ3v) is 7.44. The highest BCUT2D eigenvalue weighted by atomic mass is 35.5. The molecule has 0 aliphatic carbocycles. The Morgan fingerprint density at radius 2 is 1.97 bits per heavy atom. The van der Waals surface area contributed by atoms with Crippen LogP contribution in [0.5, 0.6) is 0 Å². The van der Waals surface area contributed by atoms with Gasteiger partial charge < -0.3 is 15.1 Å². The molecule has 35 heavy (non-hydrogen) atoms. The minimum atomic E-state index is 0.702. The zero-order chi connectivity index (χ0) is 24.0. The molecule has 1 aliphatic heterocycles. The van der Waals surface area contributed by atoms with Gasteiger partial charge in [0.15, 0.2) is 0 Å².